The van der Waals surface area contributed by atoms with Gasteiger partial charge in [-0.3, -0.25) is 24.3 Å². The molecule has 144 valence electrons. The molecular formula is C17H19N3O6S. The largest absolute Gasteiger partial charge is 0.469 e. The first-order valence-electron chi connectivity index (χ1n) is 7.99. The van der Waals surface area contributed by atoms with E-state index in [0.29, 0.717) is 10.9 Å². The Bertz CT molecular complexity index is 927. The van der Waals surface area contributed by atoms with E-state index in [9.17, 15) is 19.2 Å². The van der Waals surface area contributed by atoms with E-state index in [1.807, 2.05) is 0 Å². The number of fused-ring (bicyclic) bond motifs is 1. The van der Waals surface area contributed by atoms with Crippen molar-refractivity contribution in [3.05, 3.63) is 34.6 Å². The third-order valence-corrected chi connectivity index (χ3v) is 4.75. The summed E-state index contributed by atoms with van der Waals surface area (Å²) in [5.74, 6) is -1.06. The molecule has 1 aromatic heterocycles. The van der Waals surface area contributed by atoms with Gasteiger partial charge in [0.25, 0.3) is 5.56 Å². The Morgan fingerprint density at radius 3 is 2.59 bits per heavy atom. The third kappa shape index (κ3) is 5.07. The highest BCUT2D eigenvalue weighted by atomic mass is 32.2. The van der Waals surface area contributed by atoms with E-state index in [4.69, 9.17) is 0 Å². The van der Waals surface area contributed by atoms with Crippen LogP contribution in [-0.2, 0) is 25.6 Å². The number of amides is 2. The zero-order valence-corrected chi connectivity index (χ0v) is 15.9. The molecule has 0 unspecified atom stereocenters. The molecule has 0 bridgehead atoms. The lowest BCUT2D eigenvalue weighted by atomic mass is 10.2. The van der Waals surface area contributed by atoms with E-state index in [0.717, 1.165) is 18.9 Å². The number of rotatable bonds is 6. The summed E-state index contributed by atoms with van der Waals surface area (Å²) < 4.78 is 10.3. The second-order valence-corrected chi connectivity index (χ2v) is 6.74. The zero-order valence-electron chi connectivity index (χ0n) is 15.1. The molecule has 9 nitrogen and oxygen atoms in total. The van der Waals surface area contributed by atoms with Crippen molar-refractivity contribution in [1.29, 1.82) is 0 Å². The maximum Gasteiger partial charge on any atom is 0.413 e. The highest BCUT2D eigenvalue weighted by Gasteiger charge is 2.21. The number of ether oxygens (including phenoxy) is 2. The zero-order chi connectivity index (χ0) is 20.0. The lowest BCUT2D eigenvalue weighted by Gasteiger charge is -2.15. The topological polar surface area (TPSA) is 117 Å². The molecule has 1 N–H and O–H groups in total. The summed E-state index contributed by atoms with van der Waals surface area (Å²) in [6, 6.07) is 6.79. The van der Waals surface area contributed by atoms with Gasteiger partial charge < -0.3 is 9.47 Å². The molecule has 0 spiro atoms. The summed E-state index contributed by atoms with van der Waals surface area (Å²) in [5, 5.41) is 2.00. The third-order valence-electron chi connectivity index (χ3n) is 3.66. The lowest BCUT2D eigenvalue weighted by molar-refractivity contribution is -0.140. The smallest absolute Gasteiger partial charge is 0.413 e. The molecule has 0 fully saturated rings. The van der Waals surface area contributed by atoms with Crippen LogP contribution in [0.5, 0.6) is 0 Å². The Kier molecular flexibility index (Phi) is 6.94. The molecule has 2 aromatic rings. The van der Waals surface area contributed by atoms with E-state index in [1.54, 1.807) is 31.2 Å². The highest BCUT2D eigenvalue weighted by molar-refractivity contribution is 8.00. The Hall–Kier alpha value is -2.88. The standard InChI is InChI=1S/C17H19N3O6S/c1-10(14(22)19-17(24)26-3)27-16-18-12-7-5-4-6-11(12)15(23)20(16)9-8-13(21)25-2/h4-7,10H,8-9H2,1-3H3,(H,19,22,24)/t10-/m0/s1. The van der Waals surface area contributed by atoms with Crippen LogP contribution in [0, 0.1) is 0 Å². The van der Waals surface area contributed by atoms with Crippen LogP contribution in [0.25, 0.3) is 10.9 Å². The highest BCUT2D eigenvalue weighted by Crippen LogP contribution is 2.23. The molecule has 2 rings (SSSR count). The first kappa shape index (κ1) is 20.4. The summed E-state index contributed by atoms with van der Waals surface area (Å²) in [7, 11) is 2.41. The van der Waals surface area contributed by atoms with Gasteiger partial charge in [0.05, 0.1) is 36.8 Å². The summed E-state index contributed by atoms with van der Waals surface area (Å²) in [5.41, 5.74) is 0.146. The van der Waals surface area contributed by atoms with Gasteiger partial charge in [-0.1, -0.05) is 23.9 Å². The second-order valence-electron chi connectivity index (χ2n) is 5.44. The van der Waals surface area contributed by atoms with Gasteiger partial charge in [0.1, 0.15) is 0 Å². The van der Waals surface area contributed by atoms with Crippen LogP contribution in [0.15, 0.2) is 34.2 Å². The van der Waals surface area contributed by atoms with Crippen molar-refractivity contribution in [1.82, 2.24) is 14.9 Å². The number of imide groups is 1. The van der Waals surface area contributed by atoms with Crippen LogP contribution < -0.4 is 10.9 Å². The summed E-state index contributed by atoms with van der Waals surface area (Å²) in [6.07, 6.45) is -0.894. The Balaban J connectivity index is 2.37. The maximum atomic E-state index is 12.8. The van der Waals surface area contributed by atoms with Crippen LogP contribution >= 0.6 is 11.8 Å². The van der Waals surface area contributed by atoms with Gasteiger partial charge in [-0.2, -0.15) is 0 Å². The first-order chi connectivity index (χ1) is 12.9. The normalized spacial score (nSPS) is 11.7. The minimum Gasteiger partial charge on any atom is -0.469 e. The van der Waals surface area contributed by atoms with E-state index in [1.165, 1.54) is 11.7 Å². The summed E-state index contributed by atoms with van der Waals surface area (Å²) in [6.45, 7) is 1.62. The monoisotopic (exact) mass is 393 g/mol. The fourth-order valence-corrected chi connectivity index (χ4v) is 3.14. The van der Waals surface area contributed by atoms with Gasteiger partial charge in [-0.25, -0.2) is 9.78 Å². The predicted octanol–water partition coefficient (Wildman–Crippen LogP) is 1.32. The van der Waals surface area contributed by atoms with Gasteiger partial charge in [-0.15, -0.1) is 0 Å². The molecule has 1 atom stereocenters. The molecule has 1 heterocycles. The van der Waals surface area contributed by atoms with Crippen molar-refractivity contribution in [2.45, 2.75) is 30.3 Å². The Labute approximate surface area is 159 Å². The van der Waals surface area contributed by atoms with Gasteiger partial charge >= 0.3 is 12.1 Å². The number of carbonyl (C=O) groups is 3. The van der Waals surface area contributed by atoms with E-state index in [-0.39, 0.29) is 23.7 Å². The van der Waals surface area contributed by atoms with Crippen molar-refractivity contribution < 1.29 is 23.9 Å². The minimum atomic E-state index is -0.873. The Morgan fingerprint density at radius 2 is 1.93 bits per heavy atom. The molecule has 2 amide bonds. The molecule has 1 aromatic carbocycles. The van der Waals surface area contributed by atoms with Gasteiger partial charge in [-0.05, 0) is 19.1 Å². The number of nitrogens with zero attached hydrogens (tertiary/aromatic N) is 2. The second kappa shape index (κ2) is 9.17. The van der Waals surface area contributed by atoms with Crippen LogP contribution in [0.3, 0.4) is 0 Å². The molecule has 0 saturated heterocycles. The van der Waals surface area contributed by atoms with Crippen LogP contribution in [0.4, 0.5) is 4.79 Å². The van der Waals surface area contributed by atoms with Gasteiger partial charge in [0.15, 0.2) is 5.16 Å². The van der Waals surface area contributed by atoms with Crippen molar-refractivity contribution in [2.75, 3.05) is 14.2 Å². The number of para-hydroxylation sites is 1. The average Bonchev–Trinajstić information content (AvgIpc) is 2.67. The number of thioether (sulfide) groups is 1. The number of carbonyl (C=O) groups excluding carboxylic acids is 3. The Morgan fingerprint density at radius 1 is 1.22 bits per heavy atom. The number of methoxy groups -OCH3 is 2. The van der Waals surface area contributed by atoms with Crippen LogP contribution in [0.2, 0.25) is 0 Å². The molecule has 0 aliphatic rings. The van der Waals surface area contributed by atoms with Crippen LogP contribution in [-0.4, -0.2) is 47.0 Å². The van der Waals surface area contributed by atoms with E-state index >= 15 is 0 Å². The predicted molar refractivity (Wildman–Crippen MR) is 98.5 cm³/mol. The lowest BCUT2D eigenvalue weighted by Crippen LogP contribution is -2.36. The first-order valence-corrected chi connectivity index (χ1v) is 8.87. The molecule has 0 radical (unpaired) electrons. The van der Waals surface area contributed by atoms with Gasteiger partial charge in [0.2, 0.25) is 5.91 Å². The summed E-state index contributed by atoms with van der Waals surface area (Å²) in [4.78, 5) is 52.0. The fraction of sp³-hybridized carbons (Fsp3) is 0.353. The van der Waals surface area contributed by atoms with E-state index in [2.05, 4.69) is 19.8 Å². The van der Waals surface area contributed by atoms with Crippen LogP contribution in [0.1, 0.15) is 13.3 Å². The van der Waals surface area contributed by atoms with Crippen molar-refractivity contribution >= 4 is 40.6 Å². The number of aromatic nitrogens is 2. The van der Waals surface area contributed by atoms with E-state index < -0.39 is 23.2 Å². The number of benzene rings is 1. The fourth-order valence-electron chi connectivity index (χ4n) is 2.20. The SMILES string of the molecule is COC(=O)CCn1c(S[C@@H](C)C(=O)NC(=O)OC)nc2ccccc2c1=O. The maximum absolute atomic E-state index is 12.8. The quantitative estimate of drug-likeness (QED) is 0.444. The number of nitrogens with one attached hydrogen (secondary N) is 1. The molecule has 0 saturated carbocycles. The number of hydrogen-bond acceptors (Lipinski definition) is 8. The molecule has 0 aliphatic heterocycles. The van der Waals surface area contributed by atoms with Gasteiger partial charge in [0, 0.05) is 6.54 Å². The van der Waals surface area contributed by atoms with Crippen molar-refractivity contribution in [3.63, 3.8) is 0 Å². The molecular weight excluding hydrogens is 374 g/mol. The molecule has 0 aliphatic carbocycles. The molecule has 27 heavy (non-hydrogen) atoms. The number of hydrogen-bond donors (Lipinski definition) is 1. The number of alkyl carbamates (subject to hydrolysis) is 1. The van der Waals surface area contributed by atoms with Crippen molar-refractivity contribution in [3.8, 4) is 0 Å². The average molecular weight is 393 g/mol. The van der Waals surface area contributed by atoms with Crippen molar-refractivity contribution in [2.24, 2.45) is 0 Å². The number of esters is 1. The summed E-state index contributed by atoms with van der Waals surface area (Å²) >= 11 is 0.999. The molecule has 10 heteroatoms. The minimum absolute atomic E-state index is 0.0211.